The fourth-order valence-electron chi connectivity index (χ4n) is 3.93. The summed E-state index contributed by atoms with van der Waals surface area (Å²) in [6.07, 6.45) is -1.60. The number of H-pyrrole nitrogens is 1. The number of likely N-dealkylation sites (tertiary alicyclic amines) is 1. The van der Waals surface area contributed by atoms with Crippen molar-refractivity contribution < 1.29 is 14.3 Å². The van der Waals surface area contributed by atoms with Crippen molar-refractivity contribution in [3.63, 3.8) is 0 Å². The number of hydrogen-bond acceptors (Lipinski definition) is 5. The van der Waals surface area contributed by atoms with Crippen LogP contribution in [-0.4, -0.2) is 50.1 Å². The number of para-hydroxylation sites is 1. The third kappa shape index (κ3) is 3.14. The van der Waals surface area contributed by atoms with Crippen LogP contribution in [0, 0.1) is 11.3 Å². The molecule has 30 heavy (non-hydrogen) atoms. The van der Waals surface area contributed by atoms with E-state index in [0.717, 1.165) is 4.90 Å². The summed E-state index contributed by atoms with van der Waals surface area (Å²) in [7, 11) is 0. The molecule has 0 unspecified atom stereocenters. The van der Waals surface area contributed by atoms with E-state index in [1.807, 2.05) is 24.3 Å². The lowest BCUT2D eigenvalue weighted by Gasteiger charge is -2.42. The van der Waals surface area contributed by atoms with E-state index < -0.39 is 23.4 Å². The summed E-state index contributed by atoms with van der Waals surface area (Å²) in [5.74, 6) is 0.239. The second-order valence-corrected chi connectivity index (χ2v) is 7.20. The van der Waals surface area contributed by atoms with Gasteiger partial charge in [0.2, 0.25) is 0 Å². The van der Waals surface area contributed by atoms with Crippen LogP contribution in [0.5, 0.6) is 0 Å². The summed E-state index contributed by atoms with van der Waals surface area (Å²) in [6, 6.07) is 12.7. The van der Waals surface area contributed by atoms with Crippen molar-refractivity contribution in [3.05, 3.63) is 52.9 Å². The molecule has 0 spiro atoms. The zero-order chi connectivity index (χ0) is 21.3. The molecule has 0 aliphatic carbocycles. The summed E-state index contributed by atoms with van der Waals surface area (Å²) in [5.41, 5.74) is -0.718. The number of aromatic amines is 1. The lowest BCUT2D eigenvalue weighted by molar-refractivity contribution is 0.0170. The Labute approximate surface area is 170 Å². The normalized spacial score (nSPS) is 21.3. The number of amides is 1. The van der Waals surface area contributed by atoms with Crippen molar-refractivity contribution in [1.29, 1.82) is 5.26 Å². The van der Waals surface area contributed by atoms with Crippen LogP contribution >= 0.6 is 0 Å². The number of nitriles is 1. The number of pyridine rings is 1. The van der Waals surface area contributed by atoms with Crippen molar-refractivity contribution in [1.82, 2.24) is 19.7 Å². The fourth-order valence-corrected chi connectivity index (χ4v) is 3.93. The minimum absolute atomic E-state index is 0.0579. The number of rotatable bonds is 4. The van der Waals surface area contributed by atoms with Crippen molar-refractivity contribution in [3.8, 4) is 6.07 Å². The number of piperidine rings is 1. The van der Waals surface area contributed by atoms with Crippen LogP contribution in [0.1, 0.15) is 12.8 Å². The maximum absolute atomic E-state index is 15.4. The predicted octanol–water partition coefficient (Wildman–Crippen LogP) is 2.80. The van der Waals surface area contributed by atoms with Crippen molar-refractivity contribution in [2.24, 2.45) is 0 Å². The van der Waals surface area contributed by atoms with E-state index in [1.54, 1.807) is 18.2 Å². The molecule has 1 aliphatic heterocycles. The van der Waals surface area contributed by atoms with E-state index in [9.17, 15) is 20.0 Å². The Morgan fingerprint density at radius 1 is 1.40 bits per heavy atom. The first-order chi connectivity index (χ1) is 14.5. The van der Waals surface area contributed by atoms with Gasteiger partial charge in [0.15, 0.2) is 5.82 Å². The molecule has 4 rings (SSSR count). The number of alkyl halides is 1. The number of anilines is 2. The highest BCUT2D eigenvalue weighted by atomic mass is 19.1. The highest BCUT2D eigenvalue weighted by Gasteiger charge is 2.48. The van der Waals surface area contributed by atoms with Crippen LogP contribution in [-0.2, 0) is 5.54 Å². The van der Waals surface area contributed by atoms with Gasteiger partial charge in [0.05, 0.1) is 24.6 Å². The molecule has 2 aromatic heterocycles. The highest BCUT2D eigenvalue weighted by molar-refractivity contribution is 5.91. The molecule has 1 amide bonds. The van der Waals surface area contributed by atoms with E-state index in [-0.39, 0.29) is 37.1 Å². The number of carbonyl (C=O) groups is 1. The first kappa shape index (κ1) is 19.4. The van der Waals surface area contributed by atoms with E-state index in [4.69, 9.17) is 0 Å². The molecule has 0 bridgehead atoms. The highest BCUT2D eigenvalue weighted by Crippen LogP contribution is 2.39. The van der Waals surface area contributed by atoms with Crippen LogP contribution in [0.2, 0.25) is 0 Å². The Bertz CT molecular complexity index is 1180. The second kappa shape index (κ2) is 7.51. The van der Waals surface area contributed by atoms with Crippen LogP contribution in [0.4, 0.5) is 20.7 Å². The van der Waals surface area contributed by atoms with Crippen LogP contribution in [0.25, 0.3) is 10.9 Å². The van der Waals surface area contributed by atoms with Gasteiger partial charge in [-0.2, -0.15) is 10.4 Å². The number of hydrogen-bond donors (Lipinski definition) is 3. The summed E-state index contributed by atoms with van der Waals surface area (Å²) in [4.78, 5) is 27.5. The van der Waals surface area contributed by atoms with Gasteiger partial charge >= 0.3 is 6.09 Å². The van der Waals surface area contributed by atoms with Gasteiger partial charge in [-0.15, -0.1) is 0 Å². The van der Waals surface area contributed by atoms with Gasteiger partial charge < -0.3 is 20.3 Å². The number of carboxylic acid groups (broad SMARTS) is 1. The van der Waals surface area contributed by atoms with Gasteiger partial charge in [-0.25, -0.2) is 9.18 Å². The number of benzene rings is 1. The topological polar surface area (TPSA) is 127 Å². The van der Waals surface area contributed by atoms with Gasteiger partial charge in [-0.05, 0) is 24.6 Å². The molecule has 154 valence electrons. The van der Waals surface area contributed by atoms with E-state index >= 15 is 4.39 Å². The zero-order valence-electron chi connectivity index (χ0n) is 15.9. The Balaban J connectivity index is 1.87. The minimum Gasteiger partial charge on any atom is -0.465 e. The van der Waals surface area contributed by atoms with Gasteiger partial charge in [-0.1, -0.05) is 18.2 Å². The molecule has 0 saturated carbocycles. The Morgan fingerprint density at radius 3 is 2.83 bits per heavy atom. The number of nitrogens with zero attached hydrogens (tertiary/aromatic N) is 4. The molecule has 3 aromatic rings. The second-order valence-electron chi connectivity index (χ2n) is 7.20. The first-order valence-electron chi connectivity index (χ1n) is 9.38. The Morgan fingerprint density at radius 2 is 2.17 bits per heavy atom. The minimum atomic E-state index is -1.67. The summed E-state index contributed by atoms with van der Waals surface area (Å²) in [6.45, 7) is -0.313. The monoisotopic (exact) mass is 410 g/mol. The maximum atomic E-state index is 15.4. The number of halogens is 1. The maximum Gasteiger partial charge on any atom is 0.407 e. The smallest absolute Gasteiger partial charge is 0.407 e. The van der Waals surface area contributed by atoms with Crippen LogP contribution in [0.3, 0.4) is 0 Å². The van der Waals surface area contributed by atoms with Crippen molar-refractivity contribution >= 4 is 28.5 Å². The SMILES string of the molecule is N#CC[C@]1(n2nc(Nc3ccccc3)c3c(=O)[nH]ccc32)CCN(C(=O)O)C[C@H]1F. The molecule has 0 radical (unpaired) electrons. The van der Waals surface area contributed by atoms with Crippen molar-refractivity contribution in [2.75, 3.05) is 18.4 Å². The summed E-state index contributed by atoms with van der Waals surface area (Å²) >= 11 is 0. The van der Waals surface area contributed by atoms with Crippen LogP contribution < -0.4 is 10.9 Å². The molecule has 3 heterocycles. The zero-order valence-corrected chi connectivity index (χ0v) is 15.9. The third-order valence-electron chi connectivity index (χ3n) is 5.50. The number of nitrogens with one attached hydrogen (secondary N) is 2. The average molecular weight is 410 g/mol. The first-order valence-corrected chi connectivity index (χ1v) is 9.38. The number of fused-ring (bicyclic) bond motifs is 1. The molecular weight excluding hydrogens is 391 g/mol. The molecule has 2 atom stereocenters. The standard InChI is InChI=1S/C20H19FN6O3/c21-15-12-26(19(29)30)11-8-20(15,7-9-22)27-14-6-10-23-18(28)16(14)17(25-27)24-13-4-2-1-3-5-13/h1-6,10,15H,7-8,11-12H2,(H,23,28)(H,24,25)(H,29,30)/t15-,20+/m1/s1. The van der Waals surface area contributed by atoms with E-state index in [1.165, 1.54) is 10.9 Å². The molecule has 3 N–H and O–H groups in total. The largest absolute Gasteiger partial charge is 0.465 e. The predicted molar refractivity (Wildman–Crippen MR) is 107 cm³/mol. The lowest BCUT2D eigenvalue weighted by Crippen LogP contribution is -2.56. The van der Waals surface area contributed by atoms with Gasteiger partial charge in [-0.3, -0.25) is 9.48 Å². The lowest BCUT2D eigenvalue weighted by atomic mass is 9.83. The van der Waals surface area contributed by atoms with E-state index in [2.05, 4.69) is 15.4 Å². The fraction of sp³-hybridized carbons (Fsp3) is 0.300. The van der Waals surface area contributed by atoms with Gasteiger partial charge in [0.25, 0.3) is 5.56 Å². The van der Waals surface area contributed by atoms with E-state index in [0.29, 0.717) is 11.2 Å². The van der Waals surface area contributed by atoms with Crippen molar-refractivity contribution in [2.45, 2.75) is 24.6 Å². The average Bonchev–Trinajstić information content (AvgIpc) is 3.10. The van der Waals surface area contributed by atoms with Gasteiger partial charge in [0.1, 0.15) is 17.1 Å². The quantitative estimate of drug-likeness (QED) is 0.607. The van der Waals surface area contributed by atoms with Gasteiger partial charge in [0, 0.05) is 18.4 Å². The molecule has 1 fully saturated rings. The molecule has 1 aromatic carbocycles. The number of aromatic nitrogens is 3. The third-order valence-corrected chi connectivity index (χ3v) is 5.50. The van der Waals surface area contributed by atoms with Crippen LogP contribution in [0.15, 0.2) is 47.4 Å². The Kier molecular flexibility index (Phi) is 4.87. The molecule has 10 heteroatoms. The molecule has 1 saturated heterocycles. The molecule has 1 aliphatic rings. The summed E-state index contributed by atoms with van der Waals surface area (Å²) in [5, 5.41) is 26.5. The molecule has 9 nitrogen and oxygen atoms in total. The summed E-state index contributed by atoms with van der Waals surface area (Å²) < 4.78 is 16.8. The molecular formula is C20H19FN6O3. The Hall–Kier alpha value is -3.87.